The molecule has 0 saturated heterocycles. The van der Waals surface area contributed by atoms with Crippen LogP contribution in [0.5, 0.6) is 0 Å². The summed E-state index contributed by atoms with van der Waals surface area (Å²) in [6.45, 7) is 2.29. The maximum atomic E-state index is 12.3. The van der Waals surface area contributed by atoms with Crippen LogP contribution in [0.1, 0.15) is 35.8 Å². The number of carbonyl (C=O) groups excluding carboxylic acids is 1. The fourth-order valence-electron chi connectivity index (χ4n) is 3.05. The summed E-state index contributed by atoms with van der Waals surface area (Å²) < 4.78 is 0. The Morgan fingerprint density at radius 3 is 2.52 bits per heavy atom. The van der Waals surface area contributed by atoms with Crippen LogP contribution in [0.4, 0.5) is 17.5 Å². The van der Waals surface area contributed by atoms with Gasteiger partial charge in [-0.3, -0.25) is 4.79 Å². The first-order chi connectivity index (χ1) is 14.8. The molecule has 0 aliphatic heterocycles. The molecule has 0 unspecified atom stereocenters. The van der Waals surface area contributed by atoms with Gasteiger partial charge in [-0.2, -0.15) is 9.97 Å². The molecule has 0 saturated carbocycles. The lowest BCUT2D eigenvalue weighted by Crippen LogP contribution is -2.40. The predicted octanol–water partition coefficient (Wildman–Crippen LogP) is 1.20. The van der Waals surface area contributed by atoms with Gasteiger partial charge in [0.05, 0.1) is 18.4 Å². The lowest BCUT2D eigenvalue weighted by atomic mass is 10.1. The zero-order valence-corrected chi connectivity index (χ0v) is 17.2. The van der Waals surface area contributed by atoms with Gasteiger partial charge in [-0.1, -0.05) is 13.3 Å². The molecule has 11 nitrogen and oxygen atoms in total. The van der Waals surface area contributed by atoms with Crippen molar-refractivity contribution in [1.82, 2.24) is 25.3 Å². The Morgan fingerprint density at radius 2 is 1.87 bits per heavy atom. The highest BCUT2D eigenvalue weighted by Crippen LogP contribution is 2.19. The summed E-state index contributed by atoms with van der Waals surface area (Å²) in [5, 5.41) is 11.7. The molecule has 11 heteroatoms. The fraction of sp³-hybridized carbons (Fsp3) is 0.300. The van der Waals surface area contributed by atoms with Crippen LogP contribution in [-0.4, -0.2) is 50.0 Å². The number of hydrogen-bond acceptors (Lipinski definition) is 9. The molecule has 0 radical (unpaired) electrons. The van der Waals surface area contributed by atoms with Crippen molar-refractivity contribution in [2.45, 2.75) is 32.4 Å². The molecule has 2 heterocycles. The second-order valence-corrected chi connectivity index (χ2v) is 7.06. The molecule has 3 aromatic rings. The summed E-state index contributed by atoms with van der Waals surface area (Å²) in [7, 11) is 1.87. The zero-order chi connectivity index (χ0) is 22.5. The lowest BCUT2D eigenvalue weighted by molar-refractivity contribution is -0.139. The third kappa shape index (κ3) is 5.13. The normalized spacial score (nSPS) is 11.8. The molecule has 1 aromatic carbocycles. The van der Waals surface area contributed by atoms with E-state index in [0.29, 0.717) is 41.8 Å². The van der Waals surface area contributed by atoms with Gasteiger partial charge in [0.25, 0.3) is 5.91 Å². The molecule has 6 N–H and O–H groups in total. The number of carboxylic acids is 1. The highest BCUT2D eigenvalue weighted by atomic mass is 16.4. The molecule has 0 bridgehead atoms. The Bertz CT molecular complexity index is 1100. The number of fused-ring (bicyclic) bond motifs is 1. The Balaban J connectivity index is 1.70. The van der Waals surface area contributed by atoms with Crippen molar-refractivity contribution in [3.63, 3.8) is 0 Å². The fourth-order valence-corrected chi connectivity index (χ4v) is 3.05. The number of nitrogens with one attached hydrogen (secondary N) is 1. The maximum absolute atomic E-state index is 12.3. The summed E-state index contributed by atoms with van der Waals surface area (Å²) in [5.74, 6) is -1.27. The van der Waals surface area contributed by atoms with E-state index in [1.165, 1.54) is 0 Å². The molecule has 3 rings (SSSR count). The second-order valence-electron chi connectivity index (χ2n) is 7.06. The minimum atomic E-state index is -1.04. The number of anilines is 3. The monoisotopic (exact) mass is 424 g/mol. The van der Waals surface area contributed by atoms with Gasteiger partial charge in [0.15, 0.2) is 17.0 Å². The molecule has 1 amide bonds. The smallest absolute Gasteiger partial charge is 0.326 e. The number of carboxylic acid groups (broad SMARTS) is 1. The van der Waals surface area contributed by atoms with Crippen molar-refractivity contribution in [3.05, 3.63) is 41.7 Å². The van der Waals surface area contributed by atoms with Gasteiger partial charge >= 0.3 is 5.97 Å². The highest BCUT2D eigenvalue weighted by molar-refractivity contribution is 5.96. The standard InChI is InChI=1S/C20H24N8O3/c1-3-4-14(19(30)31)25-18(29)11-5-7-13(8-6-11)28(2)10-12-9-23-17-15(24-12)16(21)26-20(22)27-17/h5-9,14H,3-4,10H2,1-2H3,(H,25,29)(H,30,31)(H4,21,22,23,26,27)/t14-/m0/s1. The van der Waals surface area contributed by atoms with E-state index in [2.05, 4.69) is 25.3 Å². The highest BCUT2D eigenvalue weighted by Gasteiger charge is 2.19. The average Bonchev–Trinajstić information content (AvgIpc) is 2.73. The summed E-state index contributed by atoms with van der Waals surface area (Å²) in [6, 6.07) is 5.94. The number of nitrogen functional groups attached to an aromatic ring is 2. The molecule has 162 valence electrons. The van der Waals surface area contributed by atoms with E-state index in [1.807, 2.05) is 18.9 Å². The summed E-state index contributed by atoms with van der Waals surface area (Å²) in [6.07, 6.45) is 2.62. The number of carbonyl (C=O) groups is 2. The van der Waals surface area contributed by atoms with E-state index in [-0.39, 0.29) is 11.8 Å². The van der Waals surface area contributed by atoms with Crippen LogP contribution >= 0.6 is 0 Å². The minimum absolute atomic E-state index is 0.0395. The molecular weight excluding hydrogens is 400 g/mol. The van der Waals surface area contributed by atoms with Crippen LogP contribution in [-0.2, 0) is 11.3 Å². The van der Waals surface area contributed by atoms with Crippen molar-refractivity contribution >= 4 is 40.5 Å². The molecule has 1 atom stereocenters. The van der Waals surface area contributed by atoms with E-state index in [9.17, 15) is 14.7 Å². The van der Waals surface area contributed by atoms with Gasteiger partial charge < -0.3 is 26.8 Å². The number of hydrogen-bond donors (Lipinski definition) is 4. The summed E-state index contributed by atoms with van der Waals surface area (Å²) >= 11 is 0. The van der Waals surface area contributed by atoms with Crippen molar-refractivity contribution in [3.8, 4) is 0 Å². The van der Waals surface area contributed by atoms with E-state index in [4.69, 9.17) is 11.5 Å². The van der Waals surface area contributed by atoms with Crippen molar-refractivity contribution in [2.24, 2.45) is 0 Å². The Morgan fingerprint density at radius 1 is 1.16 bits per heavy atom. The Kier molecular flexibility index (Phi) is 6.43. The van der Waals surface area contributed by atoms with Crippen LogP contribution in [0.25, 0.3) is 11.2 Å². The molecular formula is C20H24N8O3. The van der Waals surface area contributed by atoms with Crippen molar-refractivity contribution in [2.75, 3.05) is 23.4 Å². The van der Waals surface area contributed by atoms with Crippen molar-refractivity contribution < 1.29 is 14.7 Å². The maximum Gasteiger partial charge on any atom is 0.326 e. The number of aliphatic carboxylic acids is 1. The van der Waals surface area contributed by atoms with Gasteiger partial charge in [0.1, 0.15) is 6.04 Å². The second kappa shape index (κ2) is 9.20. The van der Waals surface area contributed by atoms with Crippen LogP contribution in [0, 0.1) is 0 Å². The minimum Gasteiger partial charge on any atom is -0.480 e. The zero-order valence-electron chi connectivity index (χ0n) is 17.2. The molecule has 31 heavy (non-hydrogen) atoms. The summed E-state index contributed by atoms with van der Waals surface area (Å²) in [4.78, 5) is 42.1. The topological polar surface area (TPSA) is 173 Å². The van der Waals surface area contributed by atoms with E-state index >= 15 is 0 Å². The first kappa shape index (κ1) is 21.7. The van der Waals surface area contributed by atoms with Crippen LogP contribution in [0.3, 0.4) is 0 Å². The van der Waals surface area contributed by atoms with Crippen LogP contribution in [0.2, 0.25) is 0 Å². The number of aromatic nitrogens is 4. The Hall–Kier alpha value is -4.02. The number of amides is 1. The number of nitrogens with zero attached hydrogens (tertiary/aromatic N) is 5. The van der Waals surface area contributed by atoms with Crippen LogP contribution < -0.4 is 21.7 Å². The quantitative estimate of drug-likeness (QED) is 0.411. The molecule has 2 aromatic heterocycles. The van der Waals surface area contributed by atoms with Crippen molar-refractivity contribution in [1.29, 1.82) is 0 Å². The number of rotatable bonds is 8. The molecule has 0 fully saturated rings. The number of nitrogens with two attached hydrogens (primary N) is 2. The lowest BCUT2D eigenvalue weighted by Gasteiger charge is -2.19. The first-order valence-electron chi connectivity index (χ1n) is 9.68. The molecule has 0 spiro atoms. The van der Waals surface area contributed by atoms with E-state index in [1.54, 1.807) is 30.5 Å². The molecule has 0 aliphatic carbocycles. The Labute approximate surface area is 178 Å². The van der Waals surface area contributed by atoms with E-state index in [0.717, 1.165) is 5.69 Å². The predicted molar refractivity (Wildman–Crippen MR) is 116 cm³/mol. The van der Waals surface area contributed by atoms with Gasteiger partial charge in [-0.05, 0) is 30.7 Å². The first-order valence-corrected chi connectivity index (χ1v) is 9.68. The largest absolute Gasteiger partial charge is 0.480 e. The van der Waals surface area contributed by atoms with Crippen LogP contribution in [0.15, 0.2) is 30.5 Å². The van der Waals surface area contributed by atoms with Gasteiger partial charge in [-0.25, -0.2) is 14.8 Å². The average molecular weight is 424 g/mol. The van der Waals surface area contributed by atoms with Gasteiger partial charge in [-0.15, -0.1) is 0 Å². The number of benzene rings is 1. The third-order valence-corrected chi connectivity index (χ3v) is 4.65. The van der Waals surface area contributed by atoms with Gasteiger partial charge in [0, 0.05) is 18.3 Å². The summed E-state index contributed by atoms with van der Waals surface area (Å²) in [5.41, 5.74) is 14.0. The SMILES string of the molecule is CCC[C@H](NC(=O)c1ccc(N(C)Cc2cnc3nc(N)nc(N)c3n2)cc1)C(=O)O. The molecule has 0 aliphatic rings. The van der Waals surface area contributed by atoms with Gasteiger partial charge in [0.2, 0.25) is 5.95 Å². The van der Waals surface area contributed by atoms with E-state index < -0.39 is 17.9 Å². The third-order valence-electron chi connectivity index (χ3n) is 4.65.